The number of hydrogen-bond acceptors (Lipinski definition) is 5. The fraction of sp³-hybridized carbons (Fsp3) is 0.600. The highest BCUT2D eigenvalue weighted by molar-refractivity contribution is 5.09. The molecule has 0 aromatic carbocycles. The molecule has 0 amide bonds. The second-order valence-corrected chi connectivity index (χ2v) is 2.73. The molecular weight excluding hydrogens is 196 g/mol. The van der Waals surface area contributed by atoms with E-state index in [-0.39, 0.29) is 6.29 Å². The molecule has 0 fully saturated rings. The average Bonchev–Trinajstić information content (AvgIpc) is 2.28. The summed E-state index contributed by atoms with van der Waals surface area (Å²) >= 11 is 0. The molecule has 84 valence electrons. The van der Waals surface area contributed by atoms with Crippen molar-refractivity contribution >= 4 is 0 Å². The van der Waals surface area contributed by atoms with Crippen molar-refractivity contribution in [2.24, 2.45) is 0 Å². The van der Waals surface area contributed by atoms with E-state index in [4.69, 9.17) is 14.2 Å². The van der Waals surface area contributed by atoms with Crippen LogP contribution in [0.5, 0.6) is 5.75 Å². The van der Waals surface area contributed by atoms with Crippen LogP contribution in [-0.2, 0) is 9.47 Å². The van der Waals surface area contributed by atoms with E-state index in [1.165, 1.54) is 6.33 Å². The van der Waals surface area contributed by atoms with E-state index in [0.29, 0.717) is 25.6 Å². The van der Waals surface area contributed by atoms with Crippen molar-refractivity contribution < 1.29 is 14.2 Å². The SMILES string of the molecule is CCOC(COc1cncnc1)OCC. The summed E-state index contributed by atoms with van der Waals surface area (Å²) in [6.45, 7) is 5.36. The van der Waals surface area contributed by atoms with Gasteiger partial charge in [-0.3, -0.25) is 0 Å². The zero-order valence-corrected chi connectivity index (χ0v) is 9.05. The van der Waals surface area contributed by atoms with E-state index < -0.39 is 0 Å². The molecule has 0 radical (unpaired) electrons. The molecule has 0 bridgehead atoms. The Morgan fingerprint density at radius 1 is 1.13 bits per heavy atom. The summed E-state index contributed by atoms with van der Waals surface area (Å²) in [4.78, 5) is 7.67. The van der Waals surface area contributed by atoms with Crippen molar-refractivity contribution in [3.63, 3.8) is 0 Å². The maximum Gasteiger partial charge on any atom is 0.191 e. The van der Waals surface area contributed by atoms with Gasteiger partial charge in [-0.1, -0.05) is 0 Å². The first-order valence-electron chi connectivity index (χ1n) is 4.97. The van der Waals surface area contributed by atoms with Gasteiger partial charge >= 0.3 is 0 Å². The molecule has 0 unspecified atom stereocenters. The Kier molecular flexibility index (Phi) is 5.65. The molecule has 0 aliphatic carbocycles. The molecule has 0 saturated carbocycles. The van der Waals surface area contributed by atoms with Crippen molar-refractivity contribution in [1.82, 2.24) is 9.97 Å². The minimum atomic E-state index is -0.333. The molecule has 0 aliphatic heterocycles. The summed E-state index contributed by atoms with van der Waals surface area (Å²) in [7, 11) is 0. The lowest BCUT2D eigenvalue weighted by atomic mass is 10.6. The lowest BCUT2D eigenvalue weighted by molar-refractivity contribution is -0.152. The standard InChI is InChI=1S/C10H16N2O3/c1-3-13-10(14-4-2)7-15-9-5-11-8-12-6-9/h5-6,8,10H,3-4,7H2,1-2H3. The number of aromatic nitrogens is 2. The second-order valence-electron chi connectivity index (χ2n) is 2.73. The smallest absolute Gasteiger partial charge is 0.191 e. The van der Waals surface area contributed by atoms with Gasteiger partial charge in [-0.25, -0.2) is 9.97 Å². The topological polar surface area (TPSA) is 53.5 Å². The van der Waals surface area contributed by atoms with Crippen LogP contribution in [0.25, 0.3) is 0 Å². The Morgan fingerprint density at radius 2 is 1.73 bits per heavy atom. The molecule has 0 aliphatic rings. The van der Waals surface area contributed by atoms with Crippen LogP contribution >= 0.6 is 0 Å². The molecule has 1 rings (SSSR count). The van der Waals surface area contributed by atoms with E-state index in [1.807, 2.05) is 13.8 Å². The highest BCUT2D eigenvalue weighted by atomic mass is 16.7. The molecule has 15 heavy (non-hydrogen) atoms. The molecule has 0 spiro atoms. The summed E-state index contributed by atoms with van der Waals surface area (Å²) in [5.74, 6) is 0.613. The first kappa shape index (κ1) is 11.9. The minimum Gasteiger partial charge on any atom is -0.485 e. The predicted octanol–water partition coefficient (Wildman–Crippen LogP) is 1.25. The number of rotatable bonds is 7. The number of ether oxygens (including phenoxy) is 3. The van der Waals surface area contributed by atoms with Crippen LogP contribution in [0.2, 0.25) is 0 Å². The maximum absolute atomic E-state index is 5.40. The summed E-state index contributed by atoms with van der Waals surface area (Å²) in [6, 6.07) is 0. The van der Waals surface area contributed by atoms with Gasteiger partial charge in [0.2, 0.25) is 0 Å². The normalized spacial score (nSPS) is 10.6. The quantitative estimate of drug-likeness (QED) is 0.637. The molecule has 5 nitrogen and oxygen atoms in total. The van der Waals surface area contributed by atoms with Crippen molar-refractivity contribution in [1.29, 1.82) is 0 Å². The van der Waals surface area contributed by atoms with Gasteiger partial charge in [-0.15, -0.1) is 0 Å². The zero-order chi connectivity index (χ0) is 10.9. The molecule has 1 aromatic heterocycles. The van der Waals surface area contributed by atoms with E-state index >= 15 is 0 Å². The van der Waals surface area contributed by atoms with Crippen LogP contribution in [0, 0.1) is 0 Å². The summed E-state index contributed by atoms with van der Waals surface area (Å²) in [6.07, 6.45) is 4.32. The molecule has 0 saturated heterocycles. The number of nitrogens with zero attached hydrogens (tertiary/aromatic N) is 2. The third-order valence-corrected chi connectivity index (χ3v) is 1.63. The Labute approximate surface area is 89.4 Å². The van der Waals surface area contributed by atoms with Gasteiger partial charge in [-0.05, 0) is 13.8 Å². The Hall–Kier alpha value is -1.20. The first-order chi connectivity index (χ1) is 7.36. The molecule has 1 heterocycles. The molecule has 0 atom stereocenters. The lowest BCUT2D eigenvalue weighted by Gasteiger charge is -2.16. The second kappa shape index (κ2) is 7.14. The van der Waals surface area contributed by atoms with Crippen LogP contribution in [-0.4, -0.2) is 36.1 Å². The molecule has 5 heteroatoms. The van der Waals surface area contributed by atoms with Crippen molar-refractivity contribution in [3.8, 4) is 5.75 Å². The fourth-order valence-electron chi connectivity index (χ4n) is 1.04. The zero-order valence-electron chi connectivity index (χ0n) is 9.05. The highest BCUT2D eigenvalue weighted by Crippen LogP contribution is 2.06. The predicted molar refractivity (Wildman–Crippen MR) is 54.6 cm³/mol. The lowest BCUT2D eigenvalue weighted by Crippen LogP contribution is -2.25. The van der Waals surface area contributed by atoms with Gasteiger partial charge in [0.1, 0.15) is 12.9 Å². The van der Waals surface area contributed by atoms with E-state index in [9.17, 15) is 0 Å². The Bertz CT molecular complexity index is 250. The van der Waals surface area contributed by atoms with Crippen LogP contribution in [0.15, 0.2) is 18.7 Å². The first-order valence-corrected chi connectivity index (χ1v) is 4.97. The van der Waals surface area contributed by atoms with E-state index in [2.05, 4.69) is 9.97 Å². The van der Waals surface area contributed by atoms with Gasteiger partial charge in [-0.2, -0.15) is 0 Å². The summed E-state index contributed by atoms with van der Waals surface area (Å²) in [5, 5.41) is 0. The van der Waals surface area contributed by atoms with E-state index in [0.717, 1.165) is 0 Å². The third-order valence-electron chi connectivity index (χ3n) is 1.63. The van der Waals surface area contributed by atoms with Crippen molar-refractivity contribution in [2.45, 2.75) is 20.1 Å². The maximum atomic E-state index is 5.40. The largest absolute Gasteiger partial charge is 0.485 e. The monoisotopic (exact) mass is 212 g/mol. The Balaban J connectivity index is 2.33. The van der Waals surface area contributed by atoms with Gasteiger partial charge < -0.3 is 14.2 Å². The Morgan fingerprint density at radius 3 is 2.27 bits per heavy atom. The minimum absolute atomic E-state index is 0.333. The van der Waals surface area contributed by atoms with Gasteiger partial charge in [0.15, 0.2) is 12.0 Å². The molecule has 0 N–H and O–H groups in total. The summed E-state index contributed by atoms with van der Waals surface area (Å²) in [5.41, 5.74) is 0. The molecule has 1 aromatic rings. The average molecular weight is 212 g/mol. The fourth-order valence-corrected chi connectivity index (χ4v) is 1.04. The molecular formula is C10H16N2O3. The van der Waals surface area contributed by atoms with Crippen LogP contribution < -0.4 is 4.74 Å². The van der Waals surface area contributed by atoms with Crippen LogP contribution in [0.4, 0.5) is 0 Å². The van der Waals surface area contributed by atoms with Gasteiger partial charge in [0.05, 0.1) is 12.4 Å². The summed E-state index contributed by atoms with van der Waals surface area (Å²) < 4.78 is 16.0. The van der Waals surface area contributed by atoms with Crippen molar-refractivity contribution in [2.75, 3.05) is 19.8 Å². The third kappa shape index (κ3) is 4.71. The highest BCUT2D eigenvalue weighted by Gasteiger charge is 2.08. The number of hydrogen-bond donors (Lipinski definition) is 0. The van der Waals surface area contributed by atoms with Gasteiger partial charge in [0.25, 0.3) is 0 Å². The van der Waals surface area contributed by atoms with Gasteiger partial charge in [0, 0.05) is 13.2 Å². The van der Waals surface area contributed by atoms with E-state index in [1.54, 1.807) is 12.4 Å². The van der Waals surface area contributed by atoms with Crippen LogP contribution in [0.3, 0.4) is 0 Å². The van der Waals surface area contributed by atoms with Crippen molar-refractivity contribution in [3.05, 3.63) is 18.7 Å². The van der Waals surface area contributed by atoms with Crippen LogP contribution in [0.1, 0.15) is 13.8 Å².